The molecule has 0 bridgehead atoms. The van der Waals surface area contributed by atoms with Crippen molar-refractivity contribution in [3.63, 3.8) is 0 Å². The summed E-state index contributed by atoms with van der Waals surface area (Å²) >= 11 is 0. The molecule has 1 heterocycles. The predicted octanol–water partition coefficient (Wildman–Crippen LogP) is 0.316. The standard InChI is InChI=1S/C12H20N4O3S/c1-4-6-15-12(17)9(2)16-20(18,19)10-5-7-14-11(8-10)13-3/h5,7-9,16H,4,6H2,1-3H3,(H,13,14)(H,15,17). The second kappa shape index (κ2) is 7.20. The van der Waals surface area contributed by atoms with E-state index in [9.17, 15) is 13.2 Å². The van der Waals surface area contributed by atoms with E-state index in [2.05, 4.69) is 20.3 Å². The molecule has 3 N–H and O–H groups in total. The van der Waals surface area contributed by atoms with Gasteiger partial charge in [-0.15, -0.1) is 0 Å². The predicted molar refractivity (Wildman–Crippen MR) is 76.9 cm³/mol. The Morgan fingerprint density at radius 1 is 1.45 bits per heavy atom. The quantitative estimate of drug-likeness (QED) is 0.673. The number of nitrogens with one attached hydrogen (secondary N) is 3. The van der Waals surface area contributed by atoms with Gasteiger partial charge in [-0.05, 0) is 19.4 Å². The molecule has 20 heavy (non-hydrogen) atoms. The molecule has 0 spiro atoms. The summed E-state index contributed by atoms with van der Waals surface area (Å²) in [5.74, 6) is 0.0919. The molecule has 0 radical (unpaired) electrons. The molecular formula is C12H20N4O3S. The average molecular weight is 300 g/mol. The number of hydrogen-bond donors (Lipinski definition) is 3. The topological polar surface area (TPSA) is 100 Å². The van der Waals surface area contributed by atoms with Crippen molar-refractivity contribution in [1.29, 1.82) is 0 Å². The van der Waals surface area contributed by atoms with Gasteiger partial charge >= 0.3 is 0 Å². The van der Waals surface area contributed by atoms with E-state index in [4.69, 9.17) is 0 Å². The number of carbonyl (C=O) groups excluding carboxylic acids is 1. The summed E-state index contributed by atoms with van der Waals surface area (Å²) < 4.78 is 26.6. The van der Waals surface area contributed by atoms with Gasteiger partial charge < -0.3 is 10.6 Å². The number of carbonyl (C=O) groups is 1. The van der Waals surface area contributed by atoms with Gasteiger partial charge in [0.2, 0.25) is 15.9 Å². The zero-order chi connectivity index (χ0) is 15.2. The van der Waals surface area contributed by atoms with Crippen LogP contribution in [0.15, 0.2) is 23.2 Å². The highest BCUT2D eigenvalue weighted by Crippen LogP contribution is 2.12. The molecule has 112 valence electrons. The van der Waals surface area contributed by atoms with Crippen molar-refractivity contribution in [2.45, 2.75) is 31.2 Å². The minimum Gasteiger partial charge on any atom is -0.373 e. The third kappa shape index (κ3) is 4.46. The molecule has 1 amide bonds. The molecule has 0 aromatic carbocycles. The van der Waals surface area contributed by atoms with Crippen LogP contribution in [0.25, 0.3) is 0 Å². The largest absolute Gasteiger partial charge is 0.373 e. The fourth-order valence-corrected chi connectivity index (χ4v) is 2.69. The van der Waals surface area contributed by atoms with Gasteiger partial charge in [0, 0.05) is 25.9 Å². The molecule has 7 nitrogen and oxygen atoms in total. The molecule has 0 saturated heterocycles. The monoisotopic (exact) mass is 300 g/mol. The number of aromatic nitrogens is 1. The summed E-state index contributed by atoms with van der Waals surface area (Å²) in [5.41, 5.74) is 0. The van der Waals surface area contributed by atoms with Gasteiger partial charge in [0.05, 0.1) is 10.9 Å². The second-order valence-electron chi connectivity index (χ2n) is 4.26. The van der Waals surface area contributed by atoms with Crippen molar-refractivity contribution >= 4 is 21.7 Å². The molecule has 1 atom stereocenters. The van der Waals surface area contributed by atoms with Gasteiger partial charge in [0.15, 0.2) is 0 Å². The van der Waals surface area contributed by atoms with Crippen LogP contribution in [0, 0.1) is 0 Å². The number of rotatable bonds is 7. The molecular weight excluding hydrogens is 280 g/mol. The maximum Gasteiger partial charge on any atom is 0.241 e. The van der Waals surface area contributed by atoms with Crippen LogP contribution in [0.2, 0.25) is 0 Å². The lowest BCUT2D eigenvalue weighted by molar-refractivity contribution is -0.122. The lowest BCUT2D eigenvalue weighted by Crippen LogP contribution is -2.44. The first kappa shape index (κ1) is 16.4. The van der Waals surface area contributed by atoms with Crippen molar-refractivity contribution in [3.05, 3.63) is 18.3 Å². The van der Waals surface area contributed by atoms with Crippen molar-refractivity contribution in [1.82, 2.24) is 15.0 Å². The Bertz CT molecular complexity index is 560. The van der Waals surface area contributed by atoms with Crippen LogP contribution in [-0.2, 0) is 14.8 Å². The van der Waals surface area contributed by atoms with E-state index in [1.807, 2.05) is 6.92 Å². The van der Waals surface area contributed by atoms with Crippen LogP contribution in [0.5, 0.6) is 0 Å². The van der Waals surface area contributed by atoms with Crippen molar-refractivity contribution in [2.75, 3.05) is 18.9 Å². The van der Waals surface area contributed by atoms with E-state index in [0.29, 0.717) is 12.4 Å². The van der Waals surface area contributed by atoms with Crippen LogP contribution in [0.3, 0.4) is 0 Å². The summed E-state index contributed by atoms with van der Waals surface area (Å²) in [6, 6.07) is 1.94. The summed E-state index contributed by atoms with van der Waals surface area (Å²) in [4.78, 5) is 15.7. The zero-order valence-electron chi connectivity index (χ0n) is 11.8. The molecule has 1 unspecified atom stereocenters. The Kier molecular flexibility index (Phi) is 5.90. The van der Waals surface area contributed by atoms with Crippen LogP contribution < -0.4 is 15.4 Å². The number of anilines is 1. The molecule has 0 fully saturated rings. The average Bonchev–Trinajstić information content (AvgIpc) is 2.44. The molecule has 0 aliphatic rings. The Morgan fingerprint density at radius 2 is 2.15 bits per heavy atom. The SMILES string of the molecule is CCCNC(=O)C(C)NS(=O)(=O)c1ccnc(NC)c1. The van der Waals surface area contributed by atoms with Crippen molar-refractivity contribution in [3.8, 4) is 0 Å². The number of sulfonamides is 1. The summed E-state index contributed by atoms with van der Waals surface area (Å²) in [6.45, 7) is 3.94. The number of amides is 1. The third-order valence-corrected chi connectivity index (χ3v) is 4.11. The van der Waals surface area contributed by atoms with Gasteiger partial charge in [0.25, 0.3) is 0 Å². The number of hydrogen-bond acceptors (Lipinski definition) is 5. The maximum atomic E-state index is 12.1. The van der Waals surface area contributed by atoms with Gasteiger partial charge in [-0.3, -0.25) is 4.79 Å². The van der Waals surface area contributed by atoms with Gasteiger partial charge in [-0.2, -0.15) is 4.72 Å². The summed E-state index contributed by atoms with van der Waals surface area (Å²) in [7, 11) is -2.11. The molecule has 1 rings (SSSR count). The smallest absolute Gasteiger partial charge is 0.241 e. The van der Waals surface area contributed by atoms with Crippen molar-refractivity contribution in [2.24, 2.45) is 0 Å². The Balaban J connectivity index is 2.81. The minimum absolute atomic E-state index is 0.0620. The molecule has 1 aromatic rings. The first-order valence-corrected chi connectivity index (χ1v) is 7.83. The van der Waals surface area contributed by atoms with Crippen LogP contribution in [-0.4, -0.2) is 38.9 Å². The molecule has 0 aliphatic carbocycles. The van der Waals surface area contributed by atoms with Crippen LogP contribution >= 0.6 is 0 Å². The Labute approximate surface area is 119 Å². The van der Waals surface area contributed by atoms with Gasteiger partial charge in [-0.1, -0.05) is 6.92 Å². The summed E-state index contributed by atoms with van der Waals surface area (Å²) in [6.07, 6.45) is 2.18. The second-order valence-corrected chi connectivity index (χ2v) is 5.97. The van der Waals surface area contributed by atoms with Crippen molar-refractivity contribution < 1.29 is 13.2 Å². The lowest BCUT2D eigenvalue weighted by Gasteiger charge is -2.14. The fourth-order valence-electron chi connectivity index (χ4n) is 1.47. The van der Waals surface area contributed by atoms with Crippen LogP contribution in [0.4, 0.5) is 5.82 Å². The normalized spacial score (nSPS) is 12.8. The molecule has 1 aromatic heterocycles. The highest BCUT2D eigenvalue weighted by molar-refractivity contribution is 7.89. The Morgan fingerprint density at radius 3 is 2.75 bits per heavy atom. The highest BCUT2D eigenvalue weighted by atomic mass is 32.2. The number of pyridine rings is 1. The Hall–Kier alpha value is -1.67. The first-order valence-electron chi connectivity index (χ1n) is 6.34. The zero-order valence-corrected chi connectivity index (χ0v) is 12.6. The van der Waals surface area contributed by atoms with E-state index in [1.165, 1.54) is 25.3 Å². The first-order chi connectivity index (χ1) is 9.40. The third-order valence-electron chi connectivity index (χ3n) is 2.57. The van der Waals surface area contributed by atoms with E-state index in [1.54, 1.807) is 7.05 Å². The molecule has 8 heteroatoms. The molecule has 0 aliphatic heterocycles. The fraction of sp³-hybridized carbons (Fsp3) is 0.500. The van der Waals surface area contributed by atoms with E-state index in [-0.39, 0.29) is 10.8 Å². The lowest BCUT2D eigenvalue weighted by atomic mass is 10.3. The minimum atomic E-state index is -3.75. The van der Waals surface area contributed by atoms with E-state index < -0.39 is 16.1 Å². The van der Waals surface area contributed by atoms with Gasteiger partial charge in [0.1, 0.15) is 5.82 Å². The number of nitrogens with zero attached hydrogens (tertiary/aromatic N) is 1. The van der Waals surface area contributed by atoms with Crippen LogP contribution in [0.1, 0.15) is 20.3 Å². The highest BCUT2D eigenvalue weighted by Gasteiger charge is 2.22. The summed E-state index contributed by atoms with van der Waals surface area (Å²) in [5, 5.41) is 5.40. The van der Waals surface area contributed by atoms with E-state index >= 15 is 0 Å². The van der Waals surface area contributed by atoms with E-state index in [0.717, 1.165) is 6.42 Å². The molecule has 0 saturated carbocycles. The van der Waals surface area contributed by atoms with Gasteiger partial charge in [-0.25, -0.2) is 13.4 Å². The maximum absolute atomic E-state index is 12.1.